The van der Waals surface area contributed by atoms with E-state index in [9.17, 15) is 14.4 Å². The molecule has 0 bridgehead atoms. The van der Waals surface area contributed by atoms with Crippen molar-refractivity contribution < 1.29 is 19.1 Å². The lowest BCUT2D eigenvalue weighted by Gasteiger charge is -2.23. The van der Waals surface area contributed by atoms with Crippen molar-refractivity contribution in [3.8, 4) is 0 Å². The first-order valence-corrected chi connectivity index (χ1v) is 13.2. The summed E-state index contributed by atoms with van der Waals surface area (Å²) in [4.78, 5) is 36.0. The molecule has 3 amide bonds. The van der Waals surface area contributed by atoms with Crippen LogP contribution >= 0.6 is 0 Å². The molecule has 0 spiro atoms. The van der Waals surface area contributed by atoms with E-state index < -0.39 is 23.8 Å². The van der Waals surface area contributed by atoms with E-state index in [-0.39, 0.29) is 11.8 Å². The van der Waals surface area contributed by atoms with Crippen molar-refractivity contribution in [2.24, 2.45) is 5.73 Å². The predicted octanol–water partition coefficient (Wildman–Crippen LogP) is 6.18. The average molecular weight is 537 g/mol. The van der Waals surface area contributed by atoms with E-state index in [4.69, 9.17) is 10.5 Å². The molecular formula is C31H44N4O4. The van der Waals surface area contributed by atoms with Gasteiger partial charge in [0.1, 0.15) is 11.6 Å². The van der Waals surface area contributed by atoms with Gasteiger partial charge < -0.3 is 26.4 Å². The maximum Gasteiger partial charge on any atom is 0.408 e. The number of carbonyl (C=O) groups is 3. The molecule has 8 nitrogen and oxygen atoms in total. The van der Waals surface area contributed by atoms with E-state index in [0.717, 1.165) is 31.4 Å². The first kappa shape index (κ1) is 33.1. The number of benzene rings is 2. The number of unbranched alkanes of at least 4 members (excludes halogenated alkanes) is 2. The highest BCUT2D eigenvalue weighted by Crippen LogP contribution is 2.11. The molecule has 2 rings (SSSR count). The minimum atomic E-state index is -0.648. The monoisotopic (exact) mass is 536 g/mol. The van der Waals surface area contributed by atoms with Crippen LogP contribution in [0.15, 0.2) is 86.0 Å². The largest absolute Gasteiger partial charge is 0.444 e. The van der Waals surface area contributed by atoms with E-state index >= 15 is 0 Å². The minimum Gasteiger partial charge on any atom is -0.444 e. The highest BCUT2D eigenvalue weighted by molar-refractivity contribution is 5.96. The number of hydrogen-bond donors (Lipinski definition) is 4. The van der Waals surface area contributed by atoms with Gasteiger partial charge in [-0.15, -0.1) is 13.2 Å². The molecule has 0 heterocycles. The Balaban J connectivity index is 0.000000416. The maximum atomic E-state index is 12.4. The third kappa shape index (κ3) is 15.8. The summed E-state index contributed by atoms with van der Waals surface area (Å²) in [7, 11) is 0. The number of hydrogen-bond acceptors (Lipinski definition) is 5. The zero-order chi connectivity index (χ0) is 29.1. The standard InChI is InChI=1S/C18H26N2O3.C13H18N2O/c1-5-6-8-13-15(20-17(22)23-18(2,3)4)16(21)19-14-11-9-7-10-12-14;1-2-3-5-10-12(14)13(16)15-11-8-6-4-7-9-11/h5,7,9-12,15H,1,6,8,13H2,2-4H3,(H,19,21)(H,20,22);2,4,6-9,12H,1,3,5,10,14H2,(H,15,16)/t15-;12-/m00/s1. The molecule has 0 fully saturated rings. The summed E-state index contributed by atoms with van der Waals surface area (Å²) in [6.07, 6.45) is 7.57. The molecular weight excluding hydrogens is 492 g/mol. The number of alkyl carbamates (subject to hydrolysis) is 1. The molecule has 5 N–H and O–H groups in total. The number of amides is 3. The fraction of sp³-hybridized carbons (Fsp3) is 0.387. The number of anilines is 2. The van der Waals surface area contributed by atoms with Crippen LogP contribution in [0.25, 0.3) is 0 Å². The van der Waals surface area contributed by atoms with Gasteiger partial charge in [-0.1, -0.05) is 48.6 Å². The third-order valence-electron chi connectivity index (χ3n) is 5.25. The van der Waals surface area contributed by atoms with Crippen LogP contribution in [0.4, 0.5) is 16.2 Å². The fourth-order valence-corrected chi connectivity index (χ4v) is 3.31. The van der Waals surface area contributed by atoms with Crippen molar-refractivity contribution in [3.63, 3.8) is 0 Å². The second-order valence-corrected chi connectivity index (χ2v) is 9.96. The van der Waals surface area contributed by atoms with Crippen molar-refractivity contribution >= 4 is 29.3 Å². The molecule has 0 saturated heterocycles. The van der Waals surface area contributed by atoms with Crippen molar-refractivity contribution in [1.29, 1.82) is 0 Å². The molecule has 2 aromatic carbocycles. The lowest BCUT2D eigenvalue weighted by molar-refractivity contribution is -0.118. The van der Waals surface area contributed by atoms with Gasteiger partial charge in [-0.25, -0.2) is 4.79 Å². The van der Waals surface area contributed by atoms with Crippen LogP contribution in [0.1, 0.15) is 59.3 Å². The van der Waals surface area contributed by atoms with Crippen molar-refractivity contribution in [2.75, 3.05) is 10.6 Å². The Morgan fingerprint density at radius 2 is 1.28 bits per heavy atom. The molecule has 39 heavy (non-hydrogen) atoms. The molecule has 2 atom stereocenters. The molecule has 8 heteroatoms. The summed E-state index contributed by atoms with van der Waals surface area (Å²) >= 11 is 0. The van der Waals surface area contributed by atoms with Gasteiger partial charge in [0, 0.05) is 11.4 Å². The van der Waals surface area contributed by atoms with E-state index in [1.807, 2.05) is 54.6 Å². The van der Waals surface area contributed by atoms with Crippen molar-refractivity contribution in [1.82, 2.24) is 5.32 Å². The Morgan fingerprint density at radius 3 is 1.74 bits per heavy atom. The van der Waals surface area contributed by atoms with E-state index in [2.05, 4.69) is 29.1 Å². The maximum absolute atomic E-state index is 12.4. The first-order chi connectivity index (χ1) is 18.6. The number of para-hydroxylation sites is 2. The third-order valence-corrected chi connectivity index (χ3v) is 5.25. The summed E-state index contributed by atoms with van der Waals surface area (Å²) < 4.78 is 5.22. The molecule has 2 aromatic rings. The molecule has 0 radical (unpaired) electrons. The molecule has 0 aliphatic heterocycles. The number of nitrogens with one attached hydrogen (secondary N) is 3. The number of nitrogens with two attached hydrogens (primary N) is 1. The van der Waals surface area contributed by atoms with Gasteiger partial charge in [-0.05, 0) is 83.6 Å². The van der Waals surface area contributed by atoms with Gasteiger partial charge in [0.25, 0.3) is 0 Å². The topological polar surface area (TPSA) is 123 Å². The SMILES string of the molecule is C=CCCC[C@H](N)C(=O)Nc1ccccc1.C=CCCC[C@H](NC(=O)OC(C)(C)C)C(=O)Nc1ccccc1. The molecule has 0 aliphatic rings. The fourth-order valence-electron chi connectivity index (χ4n) is 3.31. The molecule has 212 valence electrons. The average Bonchev–Trinajstić information content (AvgIpc) is 2.89. The van der Waals surface area contributed by atoms with E-state index in [0.29, 0.717) is 18.5 Å². The zero-order valence-corrected chi connectivity index (χ0v) is 23.5. The van der Waals surface area contributed by atoms with Crippen LogP contribution in [-0.4, -0.2) is 35.6 Å². The van der Waals surface area contributed by atoms with Crippen LogP contribution in [0.5, 0.6) is 0 Å². The van der Waals surface area contributed by atoms with Gasteiger partial charge in [0.2, 0.25) is 11.8 Å². The lowest BCUT2D eigenvalue weighted by Crippen LogP contribution is -2.45. The van der Waals surface area contributed by atoms with Crippen molar-refractivity contribution in [3.05, 3.63) is 86.0 Å². The van der Waals surface area contributed by atoms with Crippen LogP contribution < -0.4 is 21.7 Å². The summed E-state index contributed by atoms with van der Waals surface area (Å²) in [5.74, 6) is -0.388. The Hall–Kier alpha value is -3.91. The molecule has 0 unspecified atom stereocenters. The second kappa shape index (κ2) is 18.4. The number of ether oxygens (including phenoxy) is 1. The van der Waals surface area contributed by atoms with Gasteiger partial charge >= 0.3 is 6.09 Å². The lowest BCUT2D eigenvalue weighted by atomic mass is 10.1. The van der Waals surface area contributed by atoms with Gasteiger partial charge in [-0.3, -0.25) is 9.59 Å². The summed E-state index contributed by atoms with van der Waals surface area (Å²) in [6, 6.07) is 17.4. The Morgan fingerprint density at radius 1 is 0.821 bits per heavy atom. The van der Waals surface area contributed by atoms with Crippen LogP contribution in [0.2, 0.25) is 0 Å². The quantitative estimate of drug-likeness (QED) is 0.180. The predicted molar refractivity (Wildman–Crippen MR) is 159 cm³/mol. The molecule has 0 aliphatic carbocycles. The molecule has 0 saturated carbocycles. The van der Waals surface area contributed by atoms with Crippen LogP contribution in [-0.2, 0) is 14.3 Å². The number of carbonyl (C=O) groups excluding carboxylic acids is 3. The van der Waals surface area contributed by atoms with Crippen LogP contribution in [0, 0.1) is 0 Å². The normalized spacial score (nSPS) is 12.0. The highest BCUT2D eigenvalue weighted by atomic mass is 16.6. The first-order valence-electron chi connectivity index (χ1n) is 13.2. The Bertz CT molecular complexity index is 1020. The summed E-state index contributed by atoms with van der Waals surface area (Å²) in [5, 5.41) is 8.23. The smallest absolute Gasteiger partial charge is 0.408 e. The van der Waals surface area contributed by atoms with Gasteiger partial charge in [0.05, 0.1) is 6.04 Å². The minimum absolute atomic E-state index is 0.129. The summed E-state index contributed by atoms with van der Waals surface area (Å²) in [6.45, 7) is 12.6. The van der Waals surface area contributed by atoms with Gasteiger partial charge in [0.15, 0.2) is 0 Å². The van der Waals surface area contributed by atoms with E-state index in [1.165, 1.54) is 0 Å². The number of rotatable bonds is 13. The van der Waals surface area contributed by atoms with Gasteiger partial charge in [-0.2, -0.15) is 0 Å². The van der Waals surface area contributed by atoms with E-state index in [1.54, 1.807) is 39.0 Å². The zero-order valence-electron chi connectivity index (χ0n) is 23.5. The summed E-state index contributed by atoms with van der Waals surface area (Å²) in [5.41, 5.74) is 6.63. The Labute approximate surface area is 233 Å². The van der Waals surface area contributed by atoms with Crippen LogP contribution in [0.3, 0.4) is 0 Å². The number of allylic oxidation sites excluding steroid dienone is 2. The Kier molecular flexibility index (Phi) is 15.6. The molecule has 0 aromatic heterocycles. The van der Waals surface area contributed by atoms with Crippen molar-refractivity contribution in [2.45, 2.75) is 77.0 Å². The second-order valence-electron chi connectivity index (χ2n) is 9.96. The highest BCUT2D eigenvalue weighted by Gasteiger charge is 2.24.